The topological polar surface area (TPSA) is 58.6 Å². The summed E-state index contributed by atoms with van der Waals surface area (Å²) in [4.78, 5) is 25.4. The van der Waals surface area contributed by atoms with Crippen molar-refractivity contribution in [3.8, 4) is 0 Å². The third-order valence-electron chi connectivity index (χ3n) is 3.23. The number of halogens is 2. The van der Waals surface area contributed by atoms with Crippen LogP contribution in [0.2, 0.25) is 5.02 Å². The molecule has 2 aromatic rings. The Morgan fingerprint density at radius 1 is 1.21 bits per heavy atom. The van der Waals surface area contributed by atoms with Crippen LogP contribution in [0.3, 0.4) is 0 Å². The molecule has 0 saturated carbocycles. The van der Waals surface area contributed by atoms with Gasteiger partial charge in [0.25, 0.3) is 5.91 Å². The third-order valence-corrected chi connectivity index (χ3v) is 4.36. The number of amides is 2. The molecule has 0 fully saturated rings. The highest BCUT2D eigenvalue weighted by atomic mass is 127. The SMILES string of the molecule is CCOC(=O)N(C)c1ccc(NC(=O)c2ccc(Cl)cc2I)cc1. The van der Waals surface area contributed by atoms with Crippen LogP contribution >= 0.6 is 34.2 Å². The quantitative estimate of drug-likeness (QED) is 0.670. The second-order valence-electron chi connectivity index (χ2n) is 4.88. The molecule has 24 heavy (non-hydrogen) atoms. The molecule has 0 aliphatic heterocycles. The minimum atomic E-state index is -0.426. The van der Waals surface area contributed by atoms with Gasteiger partial charge in [-0.2, -0.15) is 0 Å². The Kier molecular flexibility index (Phi) is 6.44. The third kappa shape index (κ3) is 4.61. The van der Waals surface area contributed by atoms with Crippen LogP contribution in [0, 0.1) is 3.57 Å². The number of carbonyl (C=O) groups is 2. The Morgan fingerprint density at radius 2 is 1.88 bits per heavy atom. The molecule has 0 radical (unpaired) electrons. The van der Waals surface area contributed by atoms with E-state index >= 15 is 0 Å². The van der Waals surface area contributed by atoms with Gasteiger partial charge in [0.1, 0.15) is 0 Å². The number of hydrogen-bond acceptors (Lipinski definition) is 3. The minimum Gasteiger partial charge on any atom is -0.449 e. The zero-order valence-electron chi connectivity index (χ0n) is 13.2. The molecule has 2 amide bonds. The normalized spacial score (nSPS) is 10.2. The summed E-state index contributed by atoms with van der Waals surface area (Å²) in [7, 11) is 1.63. The number of nitrogens with one attached hydrogen (secondary N) is 1. The van der Waals surface area contributed by atoms with Gasteiger partial charge in [0.15, 0.2) is 0 Å². The van der Waals surface area contributed by atoms with Crippen molar-refractivity contribution >= 4 is 57.6 Å². The Hall–Kier alpha value is -1.80. The van der Waals surface area contributed by atoms with Crippen molar-refractivity contribution in [1.82, 2.24) is 0 Å². The van der Waals surface area contributed by atoms with E-state index in [4.69, 9.17) is 16.3 Å². The van der Waals surface area contributed by atoms with Crippen molar-refractivity contribution in [2.45, 2.75) is 6.92 Å². The highest BCUT2D eigenvalue weighted by Gasteiger charge is 2.13. The van der Waals surface area contributed by atoms with Gasteiger partial charge in [-0.3, -0.25) is 9.69 Å². The molecule has 7 heteroatoms. The summed E-state index contributed by atoms with van der Waals surface area (Å²) in [5.74, 6) is -0.220. The van der Waals surface area contributed by atoms with Crippen molar-refractivity contribution < 1.29 is 14.3 Å². The summed E-state index contributed by atoms with van der Waals surface area (Å²) in [6.07, 6.45) is -0.426. The number of hydrogen-bond donors (Lipinski definition) is 1. The predicted molar refractivity (Wildman–Crippen MR) is 104 cm³/mol. The van der Waals surface area contributed by atoms with E-state index in [1.165, 1.54) is 4.90 Å². The van der Waals surface area contributed by atoms with E-state index < -0.39 is 6.09 Å². The molecular weight excluding hydrogens is 443 g/mol. The molecule has 0 saturated heterocycles. The van der Waals surface area contributed by atoms with Gasteiger partial charge in [0.05, 0.1) is 12.2 Å². The van der Waals surface area contributed by atoms with Crippen LogP contribution in [0.1, 0.15) is 17.3 Å². The number of benzene rings is 2. The molecule has 2 aromatic carbocycles. The minimum absolute atomic E-state index is 0.220. The molecule has 5 nitrogen and oxygen atoms in total. The molecule has 2 rings (SSSR count). The maximum atomic E-state index is 12.3. The molecule has 1 N–H and O–H groups in total. The van der Waals surface area contributed by atoms with E-state index in [1.807, 2.05) is 0 Å². The fraction of sp³-hybridized carbons (Fsp3) is 0.176. The Bertz CT molecular complexity index is 750. The largest absolute Gasteiger partial charge is 0.449 e. The van der Waals surface area contributed by atoms with Crippen molar-refractivity contribution in [2.75, 3.05) is 23.9 Å². The predicted octanol–water partition coefficient (Wildman–Crippen LogP) is 4.79. The lowest BCUT2D eigenvalue weighted by molar-refractivity contribution is 0.102. The van der Waals surface area contributed by atoms with Crippen molar-refractivity contribution in [3.63, 3.8) is 0 Å². The molecule has 0 aromatic heterocycles. The molecule has 0 spiro atoms. The molecule has 0 unspecified atom stereocenters. The first-order chi connectivity index (χ1) is 11.4. The first-order valence-electron chi connectivity index (χ1n) is 7.19. The monoisotopic (exact) mass is 458 g/mol. The Morgan fingerprint density at radius 3 is 2.46 bits per heavy atom. The van der Waals surface area contributed by atoms with Gasteiger partial charge in [0.2, 0.25) is 0 Å². The second-order valence-corrected chi connectivity index (χ2v) is 6.48. The van der Waals surface area contributed by atoms with Crippen LogP contribution in [-0.4, -0.2) is 25.7 Å². The number of nitrogens with zero attached hydrogens (tertiary/aromatic N) is 1. The molecule has 0 bridgehead atoms. The van der Waals surface area contributed by atoms with Crippen LogP contribution in [0.5, 0.6) is 0 Å². The standard InChI is InChI=1S/C17H16ClIN2O3/c1-3-24-17(23)21(2)13-7-5-12(6-8-13)20-16(22)14-9-4-11(18)10-15(14)19/h4-10H,3H2,1-2H3,(H,20,22). The second kappa shape index (κ2) is 8.34. The molecule has 126 valence electrons. The van der Waals surface area contributed by atoms with Gasteiger partial charge >= 0.3 is 6.09 Å². The van der Waals surface area contributed by atoms with E-state index in [2.05, 4.69) is 27.9 Å². The van der Waals surface area contributed by atoms with Crippen molar-refractivity contribution in [3.05, 3.63) is 56.6 Å². The summed E-state index contributed by atoms with van der Waals surface area (Å²) in [5, 5.41) is 3.40. The zero-order chi connectivity index (χ0) is 17.7. The Balaban J connectivity index is 2.08. The first-order valence-corrected chi connectivity index (χ1v) is 8.65. The van der Waals surface area contributed by atoms with Gasteiger partial charge in [-0.1, -0.05) is 11.6 Å². The highest BCUT2D eigenvalue weighted by Crippen LogP contribution is 2.21. The lowest BCUT2D eigenvalue weighted by atomic mass is 10.2. The average molecular weight is 459 g/mol. The van der Waals surface area contributed by atoms with E-state index in [0.717, 1.165) is 3.57 Å². The highest BCUT2D eigenvalue weighted by molar-refractivity contribution is 14.1. The van der Waals surface area contributed by atoms with E-state index in [9.17, 15) is 9.59 Å². The number of carbonyl (C=O) groups excluding carboxylic acids is 2. The maximum Gasteiger partial charge on any atom is 0.413 e. The summed E-state index contributed by atoms with van der Waals surface area (Å²) in [6.45, 7) is 2.07. The van der Waals surface area contributed by atoms with Crippen molar-refractivity contribution in [2.24, 2.45) is 0 Å². The van der Waals surface area contributed by atoms with Crippen LogP contribution in [-0.2, 0) is 4.74 Å². The summed E-state index contributed by atoms with van der Waals surface area (Å²) in [6, 6.07) is 12.0. The fourth-order valence-corrected chi connectivity index (χ4v) is 3.08. The lowest BCUT2D eigenvalue weighted by Crippen LogP contribution is -2.26. The molecule has 0 aliphatic rings. The summed E-state index contributed by atoms with van der Waals surface area (Å²) >= 11 is 7.97. The molecule has 0 atom stereocenters. The maximum absolute atomic E-state index is 12.3. The average Bonchev–Trinajstić information content (AvgIpc) is 2.55. The van der Waals surface area contributed by atoms with Crippen LogP contribution < -0.4 is 10.2 Å². The van der Waals surface area contributed by atoms with E-state index in [1.54, 1.807) is 56.4 Å². The number of rotatable bonds is 4. The molecule has 0 heterocycles. The first kappa shape index (κ1) is 18.5. The molecule has 0 aliphatic carbocycles. The van der Waals surface area contributed by atoms with Gasteiger partial charge in [-0.25, -0.2) is 4.79 Å². The van der Waals surface area contributed by atoms with Gasteiger partial charge in [-0.05, 0) is 72.0 Å². The Labute approximate surface area is 159 Å². The summed E-state index contributed by atoms with van der Waals surface area (Å²) < 4.78 is 5.71. The van der Waals surface area contributed by atoms with E-state index in [0.29, 0.717) is 28.6 Å². The fourth-order valence-electron chi connectivity index (χ4n) is 1.97. The van der Waals surface area contributed by atoms with Gasteiger partial charge in [0, 0.05) is 27.0 Å². The van der Waals surface area contributed by atoms with Crippen LogP contribution in [0.15, 0.2) is 42.5 Å². The zero-order valence-corrected chi connectivity index (χ0v) is 16.1. The van der Waals surface area contributed by atoms with Gasteiger partial charge < -0.3 is 10.1 Å². The number of anilines is 2. The number of ether oxygens (including phenoxy) is 1. The van der Waals surface area contributed by atoms with Crippen LogP contribution in [0.25, 0.3) is 0 Å². The van der Waals surface area contributed by atoms with Crippen LogP contribution in [0.4, 0.5) is 16.2 Å². The summed E-state index contributed by atoms with van der Waals surface area (Å²) in [5.41, 5.74) is 1.85. The molecular formula is C17H16ClIN2O3. The lowest BCUT2D eigenvalue weighted by Gasteiger charge is -2.17. The van der Waals surface area contributed by atoms with Gasteiger partial charge in [-0.15, -0.1) is 0 Å². The smallest absolute Gasteiger partial charge is 0.413 e. The van der Waals surface area contributed by atoms with E-state index in [-0.39, 0.29) is 5.91 Å². The van der Waals surface area contributed by atoms with Crippen molar-refractivity contribution in [1.29, 1.82) is 0 Å².